The van der Waals surface area contributed by atoms with Crippen molar-refractivity contribution in [1.29, 1.82) is 0 Å². The number of unbranched alkanes of at least 4 members (excludes halogenated alkanes) is 3. The van der Waals surface area contributed by atoms with E-state index in [0.717, 1.165) is 104 Å². The molecule has 0 saturated carbocycles. The average molecular weight is 943 g/mol. The van der Waals surface area contributed by atoms with E-state index in [2.05, 4.69) is 51.4 Å². The summed E-state index contributed by atoms with van der Waals surface area (Å²) < 4.78 is 13.0. The van der Waals surface area contributed by atoms with Crippen LogP contribution in [0.15, 0.2) is 46.6 Å². The predicted molar refractivity (Wildman–Crippen MR) is 251 cm³/mol. The number of fused-ring (bicyclic) bond motifs is 1. The highest BCUT2D eigenvalue weighted by Gasteiger charge is 2.41. The van der Waals surface area contributed by atoms with Crippen LogP contribution in [0.25, 0.3) is 10.2 Å². The number of phenols is 1. The monoisotopic (exact) mass is 942 g/mol. The molecule has 6 N–H and O–H groups in total. The number of hydrogen-bond donors (Lipinski definition) is 6. The number of hydrogen-bond acceptors (Lipinski definition) is 14. The van der Waals surface area contributed by atoms with Gasteiger partial charge in [0.25, 0.3) is 18.9 Å². The van der Waals surface area contributed by atoms with Crippen LogP contribution >= 0.6 is 22.7 Å². The van der Waals surface area contributed by atoms with E-state index in [1.54, 1.807) is 17.4 Å². The van der Waals surface area contributed by atoms with E-state index in [1.165, 1.54) is 11.1 Å². The second-order valence-electron chi connectivity index (χ2n) is 16.0. The second kappa shape index (κ2) is 29.0. The van der Waals surface area contributed by atoms with Gasteiger partial charge in [0, 0.05) is 57.8 Å². The van der Waals surface area contributed by atoms with Crippen molar-refractivity contribution in [2.75, 3.05) is 85.3 Å². The molecule has 1 spiro atoms. The molecule has 2 aliphatic rings. The number of carboxylic acid groups (broad SMARTS) is 2. The number of aliphatic hydroxyl groups excluding tert-OH is 1. The molecular formula is C46H66N6O11S2. The highest BCUT2D eigenvalue weighted by atomic mass is 32.1. The highest BCUT2D eigenvalue weighted by molar-refractivity contribution is 7.16. The first-order valence-electron chi connectivity index (χ1n) is 22.4. The van der Waals surface area contributed by atoms with Crippen LogP contribution < -0.4 is 10.2 Å². The molecule has 2 aromatic carbocycles. The summed E-state index contributed by atoms with van der Waals surface area (Å²) in [5.74, 6) is 0.188. The lowest BCUT2D eigenvalue weighted by atomic mass is 9.89. The van der Waals surface area contributed by atoms with Crippen LogP contribution in [0.1, 0.15) is 84.1 Å². The minimum Gasteiger partial charge on any atom is -0.506 e. The first-order chi connectivity index (χ1) is 31.6. The van der Waals surface area contributed by atoms with E-state index in [0.29, 0.717) is 83.1 Å². The average Bonchev–Trinajstić information content (AvgIpc) is 3.97. The Morgan fingerprint density at radius 1 is 0.954 bits per heavy atom. The summed E-state index contributed by atoms with van der Waals surface area (Å²) in [5, 5.41) is 39.3. The molecule has 2 aromatic heterocycles. The van der Waals surface area contributed by atoms with Gasteiger partial charge in [-0.25, -0.2) is 4.98 Å². The highest BCUT2D eigenvalue weighted by Crippen LogP contribution is 2.31. The fourth-order valence-corrected chi connectivity index (χ4v) is 9.59. The van der Waals surface area contributed by atoms with Gasteiger partial charge in [0.15, 0.2) is 0 Å². The number of nitrogens with one attached hydrogen (secondary N) is 2. The van der Waals surface area contributed by atoms with Crippen molar-refractivity contribution in [2.24, 2.45) is 0 Å². The minimum absolute atomic E-state index is 0.0264. The van der Waals surface area contributed by atoms with E-state index >= 15 is 0 Å². The first kappa shape index (κ1) is 52.9. The maximum atomic E-state index is 13.2. The SMILES string of the molecule is CCc1nc(C(=O)N2CCOC3(CCN(CCc4ccc(CCOCCC(=O)N(CCCCCCO)CCNCCc5ccc(O)c6[nH]c(=O)sc56)cc4)CC3)C2)cs1.O=CO.O=CO. The normalized spacial score (nSPS) is 14.6. The molecule has 0 radical (unpaired) electrons. The third kappa shape index (κ3) is 17.5. The fourth-order valence-electron chi connectivity index (χ4n) is 7.97. The van der Waals surface area contributed by atoms with Gasteiger partial charge >= 0.3 is 4.87 Å². The Morgan fingerprint density at radius 2 is 1.66 bits per heavy atom. The van der Waals surface area contributed by atoms with Crippen LogP contribution in [0.5, 0.6) is 5.75 Å². The van der Waals surface area contributed by atoms with E-state index in [-0.39, 0.29) is 47.6 Å². The van der Waals surface area contributed by atoms with Gasteiger partial charge in [-0.2, -0.15) is 0 Å². The second-order valence-corrected chi connectivity index (χ2v) is 17.9. The zero-order valence-corrected chi connectivity index (χ0v) is 39.1. The van der Waals surface area contributed by atoms with Gasteiger partial charge in [0.2, 0.25) is 5.91 Å². The van der Waals surface area contributed by atoms with Crippen molar-refractivity contribution in [1.82, 2.24) is 30.0 Å². The molecule has 0 unspecified atom stereocenters. The number of carbonyl (C=O) groups excluding carboxylic acids is 2. The van der Waals surface area contributed by atoms with Gasteiger partial charge in [-0.05, 0) is 80.7 Å². The molecule has 19 heteroatoms. The summed E-state index contributed by atoms with van der Waals surface area (Å²) in [4.78, 5) is 68.4. The number of aryl methyl sites for hydroxylation is 1. The number of thiazole rings is 2. The number of nitrogens with zero attached hydrogens (tertiary/aromatic N) is 4. The molecule has 4 heterocycles. The molecule has 2 aliphatic heterocycles. The number of amides is 2. The number of aliphatic hydroxyl groups is 1. The van der Waals surface area contributed by atoms with Crippen molar-refractivity contribution >= 4 is 57.6 Å². The number of phenolic OH excluding ortho intramolecular Hbond substituents is 1. The Bertz CT molecular complexity index is 2080. The number of carbonyl (C=O) groups is 4. The molecule has 358 valence electrons. The third-order valence-electron chi connectivity index (χ3n) is 11.6. The van der Waals surface area contributed by atoms with E-state index < -0.39 is 0 Å². The molecular weight excluding hydrogens is 877 g/mol. The van der Waals surface area contributed by atoms with Gasteiger partial charge in [-0.3, -0.25) is 24.0 Å². The molecule has 0 bridgehead atoms. The van der Waals surface area contributed by atoms with Crippen LogP contribution in [-0.4, -0.2) is 161 Å². The number of aromatic nitrogens is 2. The lowest BCUT2D eigenvalue weighted by molar-refractivity contribution is -0.132. The van der Waals surface area contributed by atoms with Crippen LogP contribution in [-0.2, 0) is 49.5 Å². The third-order valence-corrected chi connectivity index (χ3v) is 13.5. The Balaban J connectivity index is 0.00000146. The maximum Gasteiger partial charge on any atom is 0.305 e. The maximum absolute atomic E-state index is 13.2. The molecule has 65 heavy (non-hydrogen) atoms. The molecule has 0 atom stereocenters. The number of morpholine rings is 1. The Labute approximate surface area is 388 Å². The van der Waals surface area contributed by atoms with E-state index in [9.17, 15) is 19.5 Å². The molecule has 0 aliphatic carbocycles. The summed E-state index contributed by atoms with van der Waals surface area (Å²) in [6, 6.07) is 12.2. The van der Waals surface area contributed by atoms with E-state index in [4.69, 9.17) is 34.4 Å². The van der Waals surface area contributed by atoms with Crippen molar-refractivity contribution < 1.29 is 49.1 Å². The van der Waals surface area contributed by atoms with Crippen LogP contribution in [0, 0.1) is 0 Å². The molecule has 2 fully saturated rings. The number of piperidine rings is 1. The number of aromatic hydroxyl groups is 1. The summed E-state index contributed by atoms with van der Waals surface area (Å²) in [7, 11) is 0. The predicted octanol–water partition coefficient (Wildman–Crippen LogP) is 4.43. The number of likely N-dealkylation sites (tertiary alicyclic amines) is 1. The van der Waals surface area contributed by atoms with Crippen molar-refractivity contribution in [3.05, 3.63) is 78.8 Å². The minimum atomic E-state index is -0.261. The number of rotatable bonds is 23. The lowest BCUT2D eigenvalue weighted by Crippen LogP contribution is -2.58. The Morgan fingerprint density at radius 3 is 2.35 bits per heavy atom. The standard InChI is InChI=1S/C44H62N6O7S2.2CH2O2/c1-2-38-46-36(31-58-38)42(54)50-26-30-57-44(32-50)17-23-48(24-18-44)22-14-33-7-9-34(10-8-33)15-28-56-29-16-39(53)49(21-5-3-4-6-27-51)25-20-45-19-13-35-11-12-37(52)40-41(35)59-43(55)47-40;2*2-1-3/h7-12,31,45,51-52H,2-6,13-30,32H2,1H3,(H,47,55);2*1H,(H,2,3). The fraction of sp³-hybridized carbons (Fsp3) is 0.565. The van der Waals surface area contributed by atoms with Crippen molar-refractivity contribution in [2.45, 2.75) is 83.2 Å². The summed E-state index contributed by atoms with van der Waals surface area (Å²) in [6.07, 6.45) is 9.08. The smallest absolute Gasteiger partial charge is 0.305 e. The van der Waals surface area contributed by atoms with Gasteiger partial charge < -0.3 is 54.9 Å². The zero-order valence-electron chi connectivity index (χ0n) is 37.4. The molecule has 2 amide bonds. The van der Waals surface area contributed by atoms with Crippen molar-refractivity contribution in [3.63, 3.8) is 0 Å². The summed E-state index contributed by atoms with van der Waals surface area (Å²) >= 11 is 2.67. The lowest BCUT2D eigenvalue weighted by Gasteiger charge is -2.47. The van der Waals surface area contributed by atoms with Gasteiger partial charge in [0.1, 0.15) is 17.0 Å². The largest absolute Gasteiger partial charge is 0.506 e. The first-order valence-corrected chi connectivity index (χ1v) is 24.1. The molecule has 4 aromatic rings. The Hall–Kier alpha value is -4.76. The number of aromatic amines is 1. The van der Waals surface area contributed by atoms with Crippen LogP contribution in [0.4, 0.5) is 0 Å². The zero-order chi connectivity index (χ0) is 46.9. The number of benzene rings is 2. The number of ether oxygens (including phenoxy) is 2. The van der Waals surface area contributed by atoms with Crippen LogP contribution in [0.3, 0.4) is 0 Å². The van der Waals surface area contributed by atoms with E-state index in [1.807, 2.05) is 21.2 Å². The molecule has 6 rings (SSSR count). The van der Waals surface area contributed by atoms with Crippen LogP contribution in [0.2, 0.25) is 0 Å². The topological polar surface area (TPSA) is 235 Å². The molecule has 2 saturated heterocycles. The van der Waals surface area contributed by atoms with Gasteiger partial charge in [0.05, 0.1) is 48.1 Å². The van der Waals surface area contributed by atoms with Crippen molar-refractivity contribution in [3.8, 4) is 5.75 Å². The Kier molecular flexibility index (Phi) is 23.6. The summed E-state index contributed by atoms with van der Waals surface area (Å²) in [6.45, 7) is 10.0. The molecule has 17 nitrogen and oxygen atoms in total. The van der Waals surface area contributed by atoms with Gasteiger partial charge in [-0.1, -0.05) is 61.4 Å². The van der Waals surface area contributed by atoms with Gasteiger partial charge in [-0.15, -0.1) is 11.3 Å². The quantitative estimate of drug-likeness (QED) is 0.0446. The summed E-state index contributed by atoms with van der Waals surface area (Å²) in [5.41, 5.74) is 4.31. The number of H-pyrrole nitrogens is 1.